The molecule has 134 valence electrons. The normalized spacial score (nSPS) is 33.8. The molecule has 1 heterocycles. The van der Waals surface area contributed by atoms with E-state index >= 15 is 0 Å². The number of hydrogen-bond donors (Lipinski definition) is 1. The Morgan fingerprint density at radius 3 is 2.27 bits per heavy atom. The lowest BCUT2D eigenvalue weighted by atomic mass is 9.56. The van der Waals surface area contributed by atoms with Gasteiger partial charge in [-0.1, -0.05) is 18.2 Å². The molecule has 4 aliphatic carbocycles. The Labute approximate surface area is 155 Å². The van der Waals surface area contributed by atoms with Gasteiger partial charge in [0.05, 0.1) is 10.4 Å². The van der Waals surface area contributed by atoms with Crippen LogP contribution in [0.3, 0.4) is 0 Å². The first-order valence-corrected chi connectivity index (χ1v) is 10.9. The van der Waals surface area contributed by atoms with Crippen LogP contribution in [0.4, 0.5) is 5.69 Å². The highest BCUT2D eigenvalue weighted by molar-refractivity contribution is 7.87. The van der Waals surface area contributed by atoms with Crippen LogP contribution in [-0.2, 0) is 11.0 Å². The molecule has 1 atom stereocenters. The molecule has 4 fully saturated rings. The first-order valence-electron chi connectivity index (χ1n) is 9.78. The second kappa shape index (κ2) is 5.35. The summed E-state index contributed by atoms with van der Waals surface area (Å²) in [5.74, 6) is 2.43. The fourth-order valence-corrected chi connectivity index (χ4v) is 7.98. The van der Waals surface area contributed by atoms with Gasteiger partial charge in [0.1, 0.15) is 22.2 Å². The predicted molar refractivity (Wildman–Crippen MR) is 106 cm³/mol. The van der Waals surface area contributed by atoms with Crippen molar-refractivity contribution >= 4 is 38.6 Å². The van der Waals surface area contributed by atoms with Gasteiger partial charge in [-0.2, -0.15) is 0 Å². The molecule has 2 aromatic carbocycles. The SMILES string of the molecule is O=[S@@](Nc1ccc2c(c1)oc1ccccc12)C12CC3CC(CC(C3)C1)C2. The first kappa shape index (κ1) is 15.3. The summed E-state index contributed by atoms with van der Waals surface area (Å²) in [6.45, 7) is 0. The van der Waals surface area contributed by atoms with Gasteiger partial charge in [-0.25, -0.2) is 4.21 Å². The molecule has 3 nitrogen and oxygen atoms in total. The van der Waals surface area contributed by atoms with Crippen LogP contribution in [0.1, 0.15) is 38.5 Å². The summed E-state index contributed by atoms with van der Waals surface area (Å²) in [5.41, 5.74) is 2.67. The highest BCUT2D eigenvalue weighted by Crippen LogP contribution is 2.57. The van der Waals surface area contributed by atoms with Crippen molar-refractivity contribution in [3.8, 4) is 0 Å². The number of nitrogens with one attached hydrogen (secondary N) is 1. The van der Waals surface area contributed by atoms with Gasteiger partial charge in [0.25, 0.3) is 0 Å². The molecular weight excluding hydrogens is 342 g/mol. The van der Waals surface area contributed by atoms with E-state index in [2.05, 4.69) is 16.9 Å². The van der Waals surface area contributed by atoms with Crippen molar-refractivity contribution < 1.29 is 8.63 Å². The van der Waals surface area contributed by atoms with Gasteiger partial charge in [-0.15, -0.1) is 0 Å². The molecule has 1 N–H and O–H groups in total. The van der Waals surface area contributed by atoms with E-state index in [9.17, 15) is 4.21 Å². The predicted octanol–water partition coefficient (Wildman–Crippen LogP) is 5.63. The fraction of sp³-hybridized carbons (Fsp3) is 0.455. The minimum absolute atomic E-state index is 0.00240. The Hall–Kier alpha value is -1.81. The Balaban J connectivity index is 1.32. The lowest BCUT2D eigenvalue weighted by molar-refractivity contribution is 0.0363. The summed E-state index contributed by atoms with van der Waals surface area (Å²) in [5, 5.41) is 2.25. The summed E-state index contributed by atoms with van der Waals surface area (Å²) < 4.78 is 22.7. The number of rotatable bonds is 3. The molecule has 4 saturated carbocycles. The van der Waals surface area contributed by atoms with E-state index in [1.54, 1.807) is 0 Å². The van der Waals surface area contributed by atoms with Crippen LogP contribution in [0.5, 0.6) is 0 Å². The molecule has 3 aromatic rings. The van der Waals surface area contributed by atoms with Crippen LogP contribution in [0.25, 0.3) is 21.9 Å². The standard InChI is InChI=1S/C22H23NO2S/c24-26(22-11-14-7-15(12-22)9-16(8-14)13-22)23-17-5-6-19-18-3-1-2-4-20(18)25-21(19)10-17/h1-6,10,14-16,23H,7-9,11-13H2/t14?,15?,16?,22?,26-/m1/s1. The Morgan fingerprint density at radius 2 is 1.54 bits per heavy atom. The summed E-state index contributed by atoms with van der Waals surface area (Å²) >= 11 is 0. The number of anilines is 1. The second-order valence-corrected chi connectivity index (χ2v) is 10.4. The van der Waals surface area contributed by atoms with Crippen LogP contribution in [0, 0.1) is 17.8 Å². The average molecular weight is 365 g/mol. The van der Waals surface area contributed by atoms with Crippen molar-refractivity contribution in [2.75, 3.05) is 4.72 Å². The smallest absolute Gasteiger partial charge is 0.137 e. The molecule has 0 amide bonds. The minimum Gasteiger partial charge on any atom is -0.456 e. The van der Waals surface area contributed by atoms with E-state index in [4.69, 9.17) is 4.42 Å². The molecule has 4 aliphatic rings. The molecule has 0 unspecified atom stereocenters. The van der Waals surface area contributed by atoms with E-state index in [1.807, 2.05) is 30.3 Å². The van der Waals surface area contributed by atoms with Gasteiger partial charge < -0.3 is 9.14 Å². The molecule has 7 rings (SSSR count). The highest BCUT2D eigenvalue weighted by atomic mass is 32.2. The van der Waals surface area contributed by atoms with Gasteiger partial charge in [0, 0.05) is 16.8 Å². The van der Waals surface area contributed by atoms with Crippen molar-refractivity contribution in [2.24, 2.45) is 17.8 Å². The second-order valence-electron chi connectivity index (χ2n) is 8.78. The number of hydrogen-bond acceptors (Lipinski definition) is 2. The van der Waals surface area contributed by atoms with E-state index < -0.39 is 11.0 Å². The maximum Gasteiger partial charge on any atom is 0.137 e. The molecule has 1 aromatic heterocycles. The van der Waals surface area contributed by atoms with Crippen molar-refractivity contribution in [3.05, 3.63) is 42.5 Å². The van der Waals surface area contributed by atoms with E-state index in [0.29, 0.717) is 0 Å². The summed E-state index contributed by atoms with van der Waals surface area (Å²) in [4.78, 5) is 0. The Bertz CT molecular complexity index is 1000. The molecule has 4 heteroatoms. The molecule has 0 spiro atoms. The van der Waals surface area contributed by atoms with Crippen molar-refractivity contribution in [1.82, 2.24) is 0 Å². The van der Waals surface area contributed by atoms with Crippen molar-refractivity contribution in [1.29, 1.82) is 0 Å². The van der Waals surface area contributed by atoms with Gasteiger partial charge in [0.15, 0.2) is 0 Å². The van der Waals surface area contributed by atoms with E-state index in [-0.39, 0.29) is 4.75 Å². The lowest BCUT2D eigenvalue weighted by Gasteiger charge is -2.55. The largest absolute Gasteiger partial charge is 0.456 e. The zero-order chi connectivity index (χ0) is 17.3. The van der Waals surface area contributed by atoms with Gasteiger partial charge in [-0.3, -0.25) is 0 Å². The Kier molecular flexibility index (Phi) is 3.14. The van der Waals surface area contributed by atoms with Gasteiger partial charge >= 0.3 is 0 Å². The fourth-order valence-electron chi connectivity index (χ4n) is 6.26. The maximum atomic E-state index is 13.3. The highest BCUT2D eigenvalue weighted by Gasteiger charge is 2.54. The van der Waals surface area contributed by atoms with Crippen LogP contribution in [0.2, 0.25) is 0 Å². The number of benzene rings is 2. The lowest BCUT2D eigenvalue weighted by Crippen LogP contribution is -2.54. The molecule has 0 aliphatic heterocycles. The van der Waals surface area contributed by atoms with Crippen LogP contribution >= 0.6 is 0 Å². The Morgan fingerprint density at radius 1 is 0.885 bits per heavy atom. The molecule has 0 radical (unpaired) electrons. The third kappa shape index (κ3) is 2.21. The summed E-state index contributed by atoms with van der Waals surface area (Å²) in [6, 6.07) is 14.2. The van der Waals surface area contributed by atoms with E-state index in [1.165, 1.54) is 19.3 Å². The van der Waals surface area contributed by atoms with Crippen LogP contribution in [-0.4, -0.2) is 8.96 Å². The zero-order valence-corrected chi connectivity index (χ0v) is 15.6. The molecule has 0 saturated heterocycles. The van der Waals surface area contributed by atoms with Crippen molar-refractivity contribution in [3.63, 3.8) is 0 Å². The number of fused-ring (bicyclic) bond motifs is 3. The number of furan rings is 1. The average Bonchev–Trinajstić information content (AvgIpc) is 2.98. The monoisotopic (exact) mass is 365 g/mol. The third-order valence-electron chi connectivity index (χ3n) is 6.96. The number of para-hydroxylation sites is 1. The molecule has 4 bridgehead atoms. The van der Waals surface area contributed by atoms with Crippen LogP contribution < -0.4 is 4.72 Å². The van der Waals surface area contributed by atoms with Gasteiger partial charge in [-0.05, 0) is 74.5 Å². The van der Waals surface area contributed by atoms with Crippen molar-refractivity contribution in [2.45, 2.75) is 43.3 Å². The van der Waals surface area contributed by atoms with Gasteiger partial charge in [0.2, 0.25) is 0 Å². The summed E-state index contributed by atoms with van der Waals surface area (Å²) in [7, 11) is -1.03. The molecule has 26 heavy (non-hydrogen) atoms. The third-order valence-corrected chi connectivity index (χ3v) is 8.67. The van der Waals surface area contributed by atoms with Crippen LogP contribution in [0.15, 0.2) is 46.9 Å². The zero-order valence-electron chi connectivity index (χ0n) is 14.7. The topological polar surface area (TPSA) is 42.2 Å². The summed E-state index contributed by atoms with van der Waals surface area (Å²) in [6.07, 6.45) is 7.56. The minimum atomic E-state index is -1.03. The first-order chi connectivity index (χ1) is 12.7. The van der Waals surface area contributed by atoms with E-state index in [0.717, 1.165) is 64.6 Å². The quantitative estimate of drug-likeness (QED) is 0.653. The molecular formula is C22H23NO2S. The maximum absolute atomic E-state index is 13.3.